The van der Waals surface area contributed by atoms with Crippen LogP contribution in [0.15, 0.2) is 78.9 Å². The highest BCUT2D eigenvalue weighted by atomic mass is 35.7. The van der Waals surface area contributed by atoms with Gasteiger partial charge in [0.2, 0.25) is 0 Å². The van der Waals surface area contributed by atoms with Crippen LogP contribution in [0, 0.1) is 11.6 Å². The highest BCUT2D eigenvalue weighted by Crippen LogP contribution is 2.59. The molecule has 0 saturated carbocycles. The van der Waals surface area contributed by atoms with Crippen molar-refractivity contribution in [1.82, 2.24) is 4.44 Å². The second-order valence-corrected chi connectivity index (χ2v) is 11.0. The second kappa shape index (κ2) is 9.22. The van der Waals surface area contributed by atoms with Crippen molar-refractivity contribution in [2.45, 2.75) is 19.9 Å². The molecule has 1 nitrogen and oxygen atoms in total. The Morgan fingerprint density at radius 1 is 0.741 bits per heavy atom. The van der Waals surface area contributed by atoms with Crippen LogP contribution in [-0.4, -0.2) is 10.5 Å². The Bertz CT molecular complexity index is 847. The van der Waals surface area contributed by atoms with E-state index in [9.17, 15) is 8.78 Å². The highest BCUT2D eigenvalue weighted by Gasteiger charge is 2.34. The van der Waals surface area contributed by atoms with Gasteiger partial charge in [-0.25, -0.2) is 13.2 Å². The van der Waals surface area contributed by atoms with E-state index < -0.39 is 15.5 Å². The lowest BCUT2D eigenvalue weighted by Gasteiger charge is -2.38. The zero-order chi connectivity index (χ0) is 19.4. The van der Waals surface area contributed by atoms with Gasteiger partial charge in [-0.15, -0.1) is 0 Å². The van der Waals surface area contributed by atoms with Gasteiger partial charge in [-0.1, -0.05) is 65.8 Å². The molecule has 140 valence electrons. The predicted octanol–water partition coefficient (Wildman–Crippen LogP) is 5.90. The van der Waals surface area contributed by atoms with Crippen molar-refractivity contribution in [3.8, 4) is 0 Å². The third-order valence-electron chi connectivity index (χ3n) is 3.98. The largest absolute Gasteiger partial charge is 0.233 e. The van der Waals surface area contributed by atoms with Gasteiger partial charge < -0.3 is 0 Å². The summed E-state index contributed by atoms with van der Waals surface area (Å²) >= 11 is 6.93. The van der Waals surface area contributed by atoms with Crippen molar-refractivity contribution in [1.29, 1.82) is 0 Å². The van der Waals surface area contributed by atoms with Gasteiger partial charge in [0.1, 0.15) is 11.6 Å². The number of halogens is 3. The zero-order valence-corrected chi connectivity index (χ0v) is 17.6. The molecular formula is C21H20ClF2NP2. The van der Waals surface area contributed by atoms with Crippen LogP contribution < -0.4 is 15.9 Å². The van der Waals surface area contributed by atoms with Crippen LogP contribution in [0.5, 0.6) is 0 Å². The summed E-state index contributed by atoms with van der Waals surface area (Å²) in [6, 6.07) is 22.9. The van der Waals surface area contributed by atoms with E-state index in [-0.39, 0.29) is 17.7 Å². The van der Waals surface area contributed by atoms with Gasteiger partial charge in [-0.05, 0) is 38.1 Å². The first-order valence-electron chi connectivity index (χ1n) is 8.60. The summed E-state index contributed by atoms with van der Waals surface area (Å²) in [5.74, 6) is -0.684. The van der Waals surface area contributed by atoms with Crippen LogP contribution in [-0.2, 0) is 0 Å². The molecule has 27 heavy (non-hydrogen) atoms. The zero-order valence-electron chi connectivity index (χ0n) is 15.1. The van der Waals surface area contributed by atoms with E-state index in [4.69, 9.17) is 11.2 Å². The van der Waals surface area contributed by atoms with Crippen molar-refractivity contribution in [2.24, 2.45) is 0 Å². The Balaban J connectivity index is 2.18. The van der Waals surface area contributed by atoms with Crippen LogP contribution in [0.25, 0.3) is 0 Å². The minimum atomic E-state index is -1.48. The molecule has 3 aromatic carbocycles. The maximum atomic E-state index is 14.8. The van der Waals surface area contributed by atoms with Gasteiger partial charge in [-0.3, -0.25) is 0 Å². The van der Waals surface area contributed by atoms with Gasteiger partial charge >= 0.3 is 0 Å². The van der Waals surface area contributed by atoms with E-state index in [1.54, 1.807) is 36.4 Å². The fourth-order valence-corrected chi connectivity index (χ4v) is 9.00. The first kappa shape index (κ1) is 20.4. The number of benzene rings is 3. The van der Waals surface area contributed by atoms with Gasteiger partial charge in [0.25, 0.3) is 0 Å². The van der Waals surface area contributed by atoms with Crippen molar-refractivity contribution in [3.05, 3.63) is 90.5 Å². The molecule has 0 aliphatic rings. The minimum absolute atomic E-state index is 0.000796. The van der Waals surface area contributed by atoms with Crippen LogP contribution in [0.4, 0.5) is 8.78 Å². The van der Waals surface area contributed by atoms with Gasteiger partial charge in [0, 0.05) is 30.0 Å². The fraction of sp³-hybridized carbons (Fsp3) is 0.143. The normalized spacial score (nSPS) is 12.7. The van der Waals surface area contributed by atoms with Crippen molar-refractivity contribution < 1.29 is 8.78 Å². The smallest absolute Gasteiger partial charge is 0.132 e. The molecule has 1 atom stereocenters. The summed E-state index contributed by atoms with van der Waals surface area (Å²) in [6.45, 7) is 4.02. The van der Waals surface area contributed by atoms with E-state index in [0.717, 1.165) is 5.30 Å². The molecule has 3 rings (SSSR count). The number of hydrogen-bond donors (Lipinski definition) is 0. The maximum Gasteiger partial charge on any atom is 0.132 e. The fourth-order valence-electron chi connectivity index (χ4n) is 2.78. The molecule has 0 radical (unpaired) electrons. The molecule has 0 aliphatic carbocycles. The number of rotatable bonds is 6. The average Bonchev–Trinajstić information content (AvgIpc) is 2.67. The third-order valence-corrected chi connectivity index (χ3v) is 10.5. The molecule has 0 fully saturated rings. The summed E-state index contributed by atoms with van der Waals surface area (Å²) in [4.78, 5) is 0. The van der Waals surface area contributed by atoms with E-state index in [1.807, 2.05) is 44.2 Å². The molecule has 0 spiro atoms. The molecule has 0 amide bonds. The third kappa shape index (κ3) is 4.55. The Kier molecular flexibility index (Phi) is 6.95. The molecular weight excluding hydrogens is 402 g/mol. The van der Waals surface area contributed by atoms with E-state index >= 15 is 0 Å². The van der Waals surface area contributed by atoms with Gasteiger partial charge in [0.05, 0.1) is 7.43 Å². The molecule has 3 aromatic rings. The Labute approximate surface area is 166 Å². The summed E-state index contributed by atoms with van der Waals surface area (Å²) in [5, 5.41) is 1.92. The SMILES string of the molecule is CC(C)N(P(Cl)c1ccccc1)P(c1ccccc1F)c1ccccc1F. The van der Waals surface area contributed by atoms with Crippen molar-refractivity contribution in [3.63, 3.8) is 0 Å². The van der Waals surface area contributed by atoms with E-state index in [1.165, 1.54) is 12.1 Å². The Hall–Kier alpha value is -1.37. The van der Waals surface area contributed by atoms with Crippen LogP contribution in [0.1, 0.15) is 13.8 Å². The number of hydrogen-bond acceptors (Lipinski definition) is 1. The quantitative estimate of drug-likeness (QED) is 0.448. The summed E-state index contributed by atoms with van der Waals surface area (Å²) in [7, 11) is -2.77. The van der Waals surface area contributed by atoms with Crippen molar-refractivity contribution in [2.75, 3.05) is 0 Å². The summed E-state index contributed by atoms with van der Waals surface area (Å²) in [6.07, 6.45) is 0. The lowest BCUT2D eigenvalue weighted by molar-refractivity contribution is 0.580. The van der Waals surface area contributed by atoms with Crippen LogP contribution in [0.3, 0.4) is 0 Å². The Morgan fingerprint density at radius 3 is 1.63 bits per heavy atom. The topological polar surface area (TPSA) is 3.24 Å². The first-order chi connectivity index (χ1) is 13.0. The monoisotopic (exact) mass is 421 g/mol. The van der Waals surface area contributed by atoms with E-state index in [0.29, 0.717) is 10.6 Å². The van der Waals surface area contributed by atoms with Crippen LogP contribution in [0.2, 0.25) is 0 Å². The standard InChI is InChI=1S/C21H20ClF2NP2/c1-16(2)25(27(22)17-10-4-3-5-11-17)26(20-14-8-6-12-18(20)23)21-15-9-7-13-19(21)24/h3-16H,1-2H3. The maximum absolute atomic E-state index is 14.8. The lowest BCUT2D eigenvalue weighted by Crippen LogP contribution is -2.33. The summed E-state index contributed by atoms with van der Waals surface area (Å²) < 4.78 is 31.6. The van der Waals surface area contributed by atoms with Crippen LogP contribution >= 0.6 is 26.7 Å². The van der Waals surface area contributed by atoms with E-state index in [2.05, 4.69) is 4.44 Å². The second-order valence-electron chi connectivity index (χ2n) is 6.22. The van der Waals surface area contributed by atoms with Gasteiger partial charge in [0.15, 0.2) is 0 Å². The highest BCUT2D eigenvalue weighted by molar-refractivity contribution is 7.95. The Morgan fingerprint density at radius 2 is 1.19 bits per heavy atom. The van der Waals surface area contributed by atoms with Gasteiger partial charge in [-0.2, -0.15) is 0 Å². The lowest BCUT2D eigenvalue weighted by atomic mass is 10.3. The first-order valence-corrected chi connectivity index (χ1v) is 12.1. The minimum Gasteiger partial charge on any atom is -0.233 e. The molecule has 0 aromatic heterocycles. The average molecular weight is 422 g/mol. The van der Waals surface area contributed by atoms with Crippen molar-refractivity contribution >= 4 is 42.7 Å². The molecule has 0 aliphatic heterocycles. The molecule has 0 bridgehead atoms. The molecule has 0 heterocycles. The molecule has 6 heteroatoms. The summed E-state index contributed by atoms with van der Waals surface area (Å²) in [5.41, 5.74) is 0. The molecule has 0 saturated heterocycles. The predicted molar refractivity (Wildman–Crippen MR) is 115 cm³/mol. The number of nitrogens with zero attached hydrogens (tertiary/aromatic N) is 1. The molecule has 1 unspecified atom stereocenters. The molecule has 0 N–H and O–H groups in total.